The van der Waals surface area contributed by atoms with Gasteiger partial charge in [-0.2, -0.15) is 0 Å². The lowest BCUT2D eigenvalue weighted by molar-refractivity contribution is 0.0147. The quantitative estimate of drug-likeness (QED) is 0.561. The molecule has 2 atom stereocenters. The summed E-state index contributed by atoms with van der Waals surface area (Å²) in [4.78, 5) is 5.41. The monoisotopic (exact) mass is 316 g/mol. The minimum atomic E-state index is -0.787. The number of nitrogens with zero attached hydrogens (tertiary/aromatic N) is 1. The van der Waals surface area contributed by atoms with Gasteiger partial charge in [0.25, 0.3) is 0 Å². The van der Waals surface area contributed by atoms with Gasteiger partial charge in [-0.05, 0) is 6.92 Å². The van der Waals surface area contributed by atoms with E-state index in [2.05, 4.69) is 10.3 Å². The maximum Gasteiger partial charge on any atom is 0.102 e. The number of aliphatic hydroxyl groups is 2. The van der Waals surface area contributed by atoms with E-state index in [0.29, 0.717) is 45.9 Å². The Morgan fingerprint density at radius 1 is 1.62 bits per heavy atom. The van der Waals surface area contributed by atoms with Crippen molar-refractivity contribution in [3.8, 4) is 0 Å². The molecule has 0 aromatic carbocycles. The molecule has 0 radical (unpaired) electrons. The Morgan fingerprint density at radius 3 is 3.14 bits per heavy atom. The first kappa shape index (κ1) is 16.8. The number of nitrogens with one attached hydrogen (secondary N) is 1. The molecule has 21 heavy (non-hydrogen) atoms. The number of thiazole rings is 1. The molecule has 1 saturated heterocycles. The van der Waals surface area contributed by atoms with Gasteiger partial charge in [0.1, 0.15) is 5.60 Å². The molecule has 1 aliphatic heterocycles. The molecule has 1 aromatic heterocycles. The fourth-order valence-corrected chi connectivity index (χ4v) is 2.98. The molecule has 2 unspecified atom stereocenters. The fraction of sp³-hybridized carbons (Fsp3) is 0.786. The third-order valence-electron chi connectivity index (χ3n) is 3.55. The molecule has 1 aromatic rings. The van der Waals surface area contributed by atoms with E-state index in [0.717, 1.165) is 12.1 Å². The van der Waals surface area contributed by atoms with E-state index in [4.69, 9.17) is 9.47 Å². The van der Waals surface area contributed by atoms with Crippen LogP contribution in [0.15, 0.2) is 5.51 Å². The standard InChI is InChI=1S/C14H24N2O4S/c1-11-13(21-10-16-11)2-4-19-7-12(17)6-15-8-14(18)3-5-20-9-14/h10,12,15,17-18H,2-9H2,1H3. The molecule has 3 N–H and O–H groups in total. The Labute approximate surface area is 129 Å². The van der Waals surface area contributed by atoms with Crippen LogP contribution in [0.2, 0.25) is 0 Å². The van der Waals surface area contributed by atoms with Gasteiger partial charge in [0, 0.05) is 37.4 Å². The van der Waals surface area contributed by atoms with Crippen LogP contribution in [0.25, 0.3) is 0 Å². The summed E-state index contributed by atoms with van der Waals surface area (Å²) in [7, 11) is 0. The van der Waals surface area contributed by atoms with Gasteiger partial charge in [0.05, 0.1) is 37.1 Å². The van der Waals surface area contributed by atoms with Gasteiger partial charge in [-0.3, -0.25) is 0 Å². The second-order valence-corrected chi connectivity index (χ2v) is 6.44. The summed E-state index contributed by atoms with van der Waals surface area (Å²) in [5.74, 6) is 0. The molecule has 0 bridgehead atoms. The number of hydrogen-bond donors (Lipinski definition) is 3. The van der Waals surface area contributed by atoms with Crippen molar-refractivity contribution in [1.29, 1.82) is 0 Å². The predicted octanol–water partition coefficient (Wildman–Crippen LogP) is 0.113. The van der Waals surface area contributed by atoms with Crippen molar-refractivity contribution >= 4 is 11.3 Å². The zero-order chi connectivity index (χ0) is 15.1. The molecule has 120 valence electrons. The van der Waals surface area contributed by atoms with Gasteiger partial charge in [0.2, 0.25) is 0 Å². The molecule has 2 heterocycles. The summed E-state index contributed by atoms with van der Waals surface area (Å²) in [6, 6.07) is 0. The molecular weight excluding hydrogens is 292 g/mol. The van der Waals surface area contributed by atoms with Gasteiger partial charge in [-0.15, -0.1) is 11.3 Å². The largest absolute Gasteiger partial charge is 0.389 e. The third kappa shape index (κ3) is 5.61. The number of aryl methyl sites for hydroxylation is 1. The molecular formula is C14H24N2O4S. The summed E-state index contributed by atoms with van der Waals surface area (Å²) in [5.41, 5.74) is 2.10. The van der Waals surface area contributed by atoms with E-state index in [1.165, 1.54) is 4.88 Å². The summed E-state index contributed by atoms with van der Waals surface area (Å²) in [6.07, 6.45) is 0.896. The van der Waals surface area contributed by atoms with E-state index in [1.54, 1.807) is 11.3 Å². The minimum absolute atomic E-state index is 0.291. The molecule has 0 spiro atoms. The van der Waals surface area contributed by atoms with Crippen molar-refractivity contribution in [3.05, 3.63) is 16.1 Å². The Morgan fingerprint density at radius 2 is 2.48 bits per heavy atom. The van der Waals surface area contributed by atoms with Gasteiger partial charge in [-0.25, -0.2) is 4.98 Å². The molecule has 7 heteroatoms. The van der Waals surface area contributed by atoms with Crippen LogP contribution in [0.3, 0.4) is 0 Å². The zero-order valence-electron chi connectivity index (χ0n) is 12.4. The Bertz CT molecular complexity index is 421. The zero-order valence-corrected chi connectivity index (χ0v) is 13.2. The van der Waals surface area contributed by atoms with Crippen molar-refractivity contribution in [3.63, 3.8) is 0 Å². The fourth-order valence-electron chi connectivity index (χ4n) is 2.22. The SMILES string of the molecule is Cc1ncsc1CCOCC(O)CNCC1(O)CCOC1. The first-order valence-corrected chi connectivity index (χ1v) is 8.13. The summed E-state index contributed by atoms with van der Waals surface area (Å²) >= 11 is 1.63. The Kier molecular flexibility index (Phi) is 6.53. The lowest BCUT2D eigenvalue weighted by Crippen LogP contribution is -2.44. The van der Waals surface area contributed by atoms with E-state index in [1.807, 2.05) is 12.4 Å². The van der Waals surface area contributed by atoms with Crippen LogP contribution in [0.5, 0.6) is 0 Å². The molecule has 0 aliphatic carbocycles. The molecule has 6 nitrogen and oxygen atoms in total. The minimum Gasteiger partial charge on any atom is -0.389 e. The number of aromatic nitrogens is 1. The summed E-state index contributed by atoms with van der Waals surface area (Å²) in [5, 5.41) is 22.9. The van der Waals surface area contributed by atoms with Crippen LogP contribution in [0.1, 0.15) is 17.0 Å². The highest BCUT2D eigenvalue weighted by molar-refractivity contribution is 7.09. The van der Waals surface area contributed by atoms with Gasteiger partial charge < -0.3 is 25.0 Å². The summed E-state index contributed by atoms with van der Waals surface area (Å²) < 4.78 is 10.6. The molecule has 0 saturated carbocycles. The lowest BCUT2D eigenvalue weighted by Gasteiger charge is -2.21. The van der Waals surface area contributed by atoms with E-state index < -0.39 is 11.7 Å². The first-order chi connectivity index (χ1) is 10.1. The lowest BCUT2D eigenvalue weighted by atomic mass is 10.0. The molecule has 0 amide bonds. The van der Waals surface area contributed by atoms with Crippen LogP contribution in [0, 0.1) is 6.92 Å². The smallest absolute Gasteiger partial charge is 0.102 e. The van der Waals surface area contributed by atoms with Crippen molar-refractivity contribution in [1.82, 2.24) is 10.3 Å². The normalized spacial score (nSPS) is 23.6. The topological polar surface area (TPSA) is 83.8 Å². The number of aliphatic hydroxyl groups excluding tert-OH is 1. The van der Waals surface area contributed by atoms with E-state index in [9.17, 15) is 10.2 Å². The van der Waals surface area contributed by atoms with Crippen molar-refractivity contribution in [2.24, 2.45) is 0 Å². The van der Waals surface area contributed by atoms with Crippen LogP contribution in [0.4, 0.5) is 0 Å². The van der Waals surface area contributed by atoms with E-state index >= 15 is 0 Å². The number of ether oxygens (including phenoxy) is 2. The highest BCUT2D eigenvalue weighted by Crippen LogP contribution is 2.16. The summed E-state index contributed by atoms with van der Waals surface area (Å²) in [6.45, 7) is 4.66. The molecule has 2 rings (SSSR count). The van der Waals surface area contributed by atoms with Crippen molar-refractivity contribution in [2.45, 2.75) is 31.5 Å². The molecule has 1 fully saturated rings. The van der Waals surface area contributed by atoms with Gasteiger partial charge in [-0.1, -0.05) is 0 Å². The highest BCUT2D eigenvalue weighted by atomic mass is 32.1. The Balaban J connectivity index is 1.51. The van der Waals surface area contributed by atoms with Crippen LogP contribution in [-0.2, 0) is 15.9 Å². The number of rotatable bonds is 9. The van der Waals surface area contributed by atoms with Crippen LogP contribution >= 0.6 is 11.3 Å². The molecule has 1 aliphatic rings. The Hall–Kier alpha value is -0.570. The van der Waals surface area contributed by atoms with Crippen molar-refractivity contribution in [2.75, 3.05) is 39.5 Å². The highest BCUT2D eigenvalue weighted by Gasteiger charge is 2.31. The van der Waals surface area contributed by atoms with Gasteiger partial charge >= 0.3 is 0 Å². The van der Waals surface area contributed by atoms with Crippen LogP contribution < -0.4 is 5.32 Å². The number of hydrogen-bond acceptors (Lipinski definition) is 7. The second-order valence-electron chi connectivity index (χ2n) is 5.50. The second kappa shape index (κ2) is 8.17. The van der Waals surface area contributed by atoms with Crippen molar-refractivity contribution < 1.29 is 19.7 Å². The van der Waals surface area contributed by atoms with Crippen LogP contribution in [-0.4, -0.2) is 66.4 Å². The maximum absolute atomic E-state index is 10.0. The predicted molar refractivity (Wildman–Crippen MR) is 80.6 cm³/mol. The average Bonchev–Trinajstić information content (AvgIpc) is 3.04. The van der Waals surface area contributed by atoms with E-state index in [-0.39, 0.29) is 0 Å². The van der Waals surface area contributed by atoms with Gasteiger partial charge in [0.15, 0.2) is 0 Å². The maximum atomic E-state index is 10.0. The third-order valence-corrected chi connectivity index (χ3v) is 4.54. The average molecular weight is 316 g/mol. The first-order valence-electron chi connectivity index (χ1n) is 7.25.